The minimum Gasteiger partial charge on any atom is -0.316 e. The Morgan fingerprint density at radius 1 is 0.667 bits per heavy atom. The number of rotatable bonds is 4. The predicted octanol–water partition coefficient (Wildman–Crippen LogP) is 6.88. The first kappa shape index (κ1) is 18.4. The zero-order valence-electron chi connectivity index (χ0n) is 17.3. The summed E-state index contributed by atoms with van der Waals surface area (Å²) in [6.07, 6.45) is 3.06. The van der Waals surface area contributed by atoms with Gasteiger partial charge in [-0.25, -0.2) is 4.98 Å². The van der Waals surface area contributed by atoms with Crippen LogP contribution in [0.25, 0.3) is 28.0 Å². The van der Waals surface area contributed by atoms with Gasteiger partial charge in [0.1, 0.15) is 0 Å². The van der Waals surface area contributed by atoms with E-state index in [1.807, 2.05) is 6.07 Å². The van der Waals surface area contributed by atoms with Gasteiger partial charge in [-0.2, -0.15) is 0 Å². The lowest BCUT2D eigenvalue weighted by molar-refractivity contribution is 1.01. The molecule has 2 heteroatoms. The summed E-state index contributed by atoms with van der Waals surface area (Å²) in [5.74, 6) is 0. The summed E-state index contributed by atoms with van der Waals surface area (Å²) in [4.78, 5) is 5.08. The molecule has 5 aromatic rings. The van der Waals surface area contributed by atoms with Crippen LogP contribution in [-0.4, -0.2) is 9.38 Å². The highest BCUT2D eigenvalue weighted by molar-refractivity contribution is 5.80. The van der Waals surface area contributed by atoms with E-state index in [-0.39, 0.29) is 0 Å². The third-order valence-electron chi connectivity index (χ3n) is 5.63. The third-order valence-corrected chi connectivity index (χ3v) is 5.63. The topological polar surface area (TPSA) is 17.3 Å². The third kappa shape index (κ3) is 3.53. The fraction of sp³-hybridized carbons (Fsp3) is 0.107. The molecule has 0 radical (unpaired) electrons. The van der Waals surface area contributed by atoms with Gasteiger partial charge in [0, 0.05) is 29.4 Å². The van der Waals surface area contributed by atoms with Gasteiger partial charge in [-0.3, -0.25) is 0 Å². The van der Waals surface area contributed by atoms with E-state index in [0.717, 1.165) is 34.5 Å². The maximum atomic E-state index is 5.08. The van der Waals surface area contributed by atoms with E-state index < -0.39 is 0 Å². The van der Waals surface area contributed by atoms with Crippen molar-refractivity contribution < 1.29 is 0 Å². The molecule has 0 aliphatic carbocycles. The van der Waals surface area contributed by atoms with Crippen LogP contribution in [0.15, 0.2) is 97.2 Å². The van der Waals surface area contributed by atoms with Gasteiger partial charge in [-0.1, -0.05) is 90.0 Å². The number of hydrogen-bond donors (Lipinski definition) is 0. The van der Waals surface area contributed by atoms with E-state index in [9.17, 15) is 0 Å². The van der Waals surface area contributed by atoms with Crippen molar-refractivity contribution in [2.45, 2.75) is 20.3 Å². The van der Waals surface area contributed by atoms with Crippen LogP contribution in [0.1, 0.15) is 22.4 Å². The van der Waals surface area contributed by atoms with Crippen LogP contribution in [0, 0.1) is 13.8 Å². The molecule has 0 spiro atoms. The molecule has 0 atom stereocenters. The highest BCUT2D eigenvalue weighted by Crippen LogP contribution is 2.29. The highest BCUT2D eigenvalue weighted by atomic mass is 14.9. The van der Waals surface area contributed by atoms with Crippen LogP contribution < -0.4 is 0 Å². The van der Waals surface area contributed by atoms with Gasteiger partial charge in [-0.05, 0) is 31.5 Å². The molecule has 2 aromatic heterocycles. The van der Waals surface area contributed by atoms with Crippen molar-refractivity contribution in [2.24, 2.45) is 0 Å². The van der Waals surface area contributed by atoms with E-state index in [2.05, 4.69) is 109 Å². The van der Waals surface area contributed by atoms with Crippen molar-refractivity contribution in [3.8, 4) is 22.5 Å². The quantitative estimate of drug-likeness (QED) is 0.328. The maximum Gasteiger partial charge on any atom is 0.0950 e. The number of hydrogen-bond acceptors (Lipinski definition) is 1. The Bertz CT molecular complexity index is 1300. The molecule has 2 heterocycles. The Kier molecular flexibility index (Phi) is 4.68. The van der Waals surface area contributed by atoms with Crippen molar-refractivity contribution in [1.82, 2.24) is 9.38 Å². The second-order valence-corrected chi connectivity index (χ2v) is 7.95. The number of fused-ring (bicyclic) bond motifs is 1. The van der Waals surface area contributed by atoms with Gasteiger partial charge in [0.25, 0.3) is 0 Å². The normalized spacial score (nSPS) is 11.1. The first-order valence-electron chi connectivity index (χ1n) is 10.4. The van der Waals surface area contributed by atoms with Crippen molar-refractivity contribution in [2.75, 3.05) is 0 Å². The maximum absolute atomic E-state index is 5.08. The smallest absolute Gasteiger partial charge is 0.0950 e. The zero-order chi connectivity index (χ0) is 20.5. The Hall–Kier alpha value is -3.65. The molecule has 0 unspecified atom stereocenters. The SMILES string of the molecule is Cc1ccc(Cc2ccc3c(-c4ccc(C)cc4)nc(-c4ccccc4)cn23)cc1. The molecule has 5 rings (SSSR count). The van der Waals surface area contributed by atoms with Crippen molar-refractivity contribution >= 4 is 5.52 Å². The fourth-order valence-electron chi connectivity index (χ4n) is 3.90. The summed E-state index contributed by atoms with van der Waals surface area (Å²) in [5.41, 5.74) is 10.5. The first-order chi connectivity index (χ1) is 14.7. The Morgan fingerprint density at radius 3 is 2.03 bits per heavy atom. The average Bonchev–Trinajstić information content (AvgIpc) is 3.18. The number of benzene rings is 3. The van der Waals surface area contributed by atoms with Crippen LogP contribution in [0.4, 0.5) is 0 Å². The predicted molar refractivity (Wildman–Crippen MR) is 125 cm³/mol. The van der Waals surface area contributed by atoms with Gasteiger partial charge in [0.05, 0.1) is 16.9 Å². The molecule has 2 nitrogen and oxygen atoms in total. The lowest BCUT2D eigenvalue weighted by Crippen LogP contribution is -2.00. The number of nitrogens with zero attached hydrogens (tertiary/aromatic N) is 2. The Balaban J connectivity index is 1.69. The molecule has 146 valence electrons. The van der Waals surface area contributed by atoms with Crippen LogP contribution >= 0.6 is 0 Å². The molecule has 0 aliphatic rings. The second kappa shape index (κ2) is 7.64. The number of aryl methyl sites for hydroxylation is 2. The molecule has 0 saturated carbocycles. The van der Waals surface area contributed by atoms with E-state index in [1.54, 1.807) is 0 Å². The summed E-state index contributed by atoms with van der Waals surface area (Å²) in [6.45, 7) is 4.24. The Morgan fingerprint density at radius 2 is 1.33 bits per heavy atom. The molecule has 30 heavy (non-hydrogen) atoms. The molecule has 0 saturated heterocycles. The molecule has 3 aromatic carbocycles. The molecule has 0 N–H and O–H groups in total. The van der Waals surface area contributed by atoms with Crippen molar-refractivity contribution in [1.29, 1.82) is 0 Å². The zero-order valence-corrected chi connectivity index (χ0v) is 17.3. The van der Waals surface area contributed by atoms with Crippen LogP contribution in [0.3, 0.4) is 0 Å². The summed E-state index contributed by atoms with van der Waals surface area (Å²) < 4.78 is 2.31. The van der Waals surface area contributed by atoms with E-state index in [1.165, 1.54) is 22.4 Å². The molecule has 0 fully saturated rings. The average molecular weight is 389 g/mol. The monoisotopic (exact) mass is 388 g/mol. The van der Waals surface area contributed by atoms with Crippen molar-refractivity contribution in [3.05, 3.63) is 120 Å². The van der Waals surface area contributed by atoms with E-state index in [4.69, 9.17) is 4.98 Å². The van der Waals surface area contributed by atoms with Gasteiger partial charge in [-0.15, -0.1) is 0 Å². The minimum absolute atomic E-state index is 0.889. The highest BCUT2D eigenvalue weighted by Gasteiger charge is 2.13. The first-order valence-corrected chi connectivity index (χ1v) is 10.4. The molecule has 0 bridgehead atoms. The van der Waals surface area contributed by atoms with Gasteiger partial charge in [0.15, 0.2) is 0 Å². The standard InChI is InChI=1S/C28H24N2/c1-20-8-12-22(13-9-20)18-25-16-17-27-28(24-14-10-21(2)11-15-24)29-26(19-30(25)27)23-6-4-3-5-7-23/h3-17,19H,18H2,1-2H3. The van der Waals surface area contributed by atoms with Crippen LogP contribution in [-0.2, 0) is 6.42 Å². The van der Waals surface area contributed by atoms with Gasteiger partial charge < -0.3 is 4.40 Å². The number of aromatic nitrogens is 2. The fourth-order valence-corrected chi connectivity index (χ4v) is 3.90. The summed E-state index contributed by atoms with van der Waals surface area (Å²) in [5, 5.41) is 0. The van der Waals surface area contributed by atoms with Crippen LogP contribution in [0.2, 0.25) is 0 Å². The molecular formula is C28H24N2. The molecular weight excluding hydrogens is 364 g/mol. The summed E-state index contributed by atoms with van der Waals surface area (Å²) in [7, 11) is 0. The van der Waals surface area contributed by atoms with Gasteiger partial charge >= 0.3 is 0 Å². The second-order valence-electron chi connectivity index (χ2n) is 7.95. The molecule has 0 amide bonds. The van der Waals surface area contributed by atoms with Crippen molar-refractivity contribution in [3.63, 3.8) is 0 Å². The van der Waals surface area contributed by atoms with Gasteiger partial charge in [0.2, 0.25) is 0 Å². The van der Waals surface area contributed by atoms with E-state index in [0.29, 0.717) is 0 Å². The van der Waals surface area contributed by atoms with E-state index >= 15 is 0 Å². The van der Waals surface area contributed by atoms with Crippen LogP contribution in [0.5, 0.6) is 0 Å². The lowest BCUT2D eigenvalue weighted by Gasteiger charge is -2.12. The largest absolute Gasteiger partial charge is 0.316 e. The summed E-state index contributed by atoms with van der Waals surface area (Å²) in [6, 6.07) is 32.3. The summed E-state index contributed by atoms with van der Waals surface area (Å²) >= 11 is 0. The molecule has 0 aliphatic heterocycles. The minimum atomic E-state index is 0.889. The lowest BCUT2D eigenvalue weighted by atomic mass is 10.1. The Labute approximate surface area is 177 Å².